The highest BCUT2D eigenvalue weighted by molar-refractivity contribution is 7.12. The van der Waals surface area contributed by atoms with E-state index in [0.29, 0.717) is 5.75 Å². The lowest BCUT2D eigenvalue weighted by atomic mass is 10.4. The molecule has 5 nitrogen and oxygen atoms in total. The third-order valence-corrected chi connectivity index (χ3v) is 2.34. The molecule has 0 saturated carbocycles. The van der Waals surface area contributed by atoms with Crippen molar-refractivity contribution in [3.8, 4) is 5.75 Å². The summed E-state index contributed by atoms with van der Waals surface area (Å²) in [6, 6.07) is 1.37. The number of thiophene rings is 1. The highest BCUT2D eigenvalue weighted by Crippen LogP contribution is 2.21. The average molecular weight is 218 g/mol. The molecule has 0 spiro atoms. The Bertz CT molecular complexity index is 308. The lowest BCUT2D eigenvalue weighted by molar-refractivity contribution is 0.0537. The van der Waals surface area contributed by atoms with Crippen molar-refractivity contribution in [1.82, 2.24) is 0 Å². The summed E-state index contributed by atoms with van der Waals surface area (Å²) in [5.41, 5.74) is 0. The number of carboxylic acid groups (broad SMARTS) is 1. The number of aliphatic hydroxyl groups excluding tert-OH is 2. The van der Waals surface area contributed by atoms with E-state index in [2.05, 4.69) is 0 Å². The molecular formula is C8H10O5S. The Hall–Kier alpha value is -1.11. The normalized spacial score (nSPS) is 12.4. The molecule has 0 bridgehead atoms. The number of hydrogen-bond acceptors (Lipinski definition) is 5. The summed E-state index contributed by atoms with van der Waals surface area (Å²) in [4.78, 5) is 10.7. The molecule has 0 amide bonds. The first-order valence-corrected chi connectivity index (χ1v) is 4.75. The number of carbonyl (C=O) groups is 1. The number of ether oxygens (including phenoxy) is 1. The maximum atomic E-state index is 10.5. The molecule has 0 saturated heterocycles. The van der Waals surface area contributed by atoms with Gasteiger partial charge in [-0.2, -0.15) is 0 Å². The maximum Gasteiger partial charge on any atom is 0.346 e. The summed E-state index contributed by atoms with van der Waals surface area (Å²) in [7, 11) is 0. The van der Waals surface area contributed by atoms with Crippen LogP contribution in [0.25, 0.3) is 0 Å². The van der Waals surface area contributed by atoms with Crippen LogP contribution in [-0.2, 0) is 0 Å². The lowest BCUT2D eigenvalue weighted by Gasteiger charge is -2.07. The van der Waals surface area contributed by atoms with Crippen molar-refractivity contribution in [2.45, 2.75) is 6.10 Å². The number of aromatic carboxylic acids is 1. The van der Waals surface area contributed by atoms with Crippen LogP contribution in [0, 0.1) is 0 Å². The van der Waals surface area contributed by atoms with Gasteiger partial charge in [0, 0.05) is 11.4 Å². The fraction of sp³-hybridized carbons (Fsp3) is 0.375. The van der Waals surface area contributed by atoms with E-state index in [1.807, 2.05) is 0 Å². The zero-order valence-electron chi connectivity index (χ0n) is 7.21. The molecule has 1 aromatic rings. The van der Waals surface area contributed by atoms with E-state index in [-0.39, 0.29) is 18.1 Å². The minimum atomic E-state index is -1.01. The third-order valence-electron chi connectivity index (χ3n) is 1.44. The third kappa shape index (κ3) is 2.99. The van der Waals surface area contributed by atoms with Crippen LogP contribution < -0.4 is 4.74 Å². The van der Waals surface area contributed by atoms with E-state index in [9.17, 15) is 4.79 Å². The standard InChI is InChI=1S/C8H10O5S/c9-2-5(10)3-13-6-1-7(8(11)12)14-4-6/h1,4-5,9-10H,2-3H2,(H,11,12). The maximum absolute atomic E-state index is 10.5. The van der Waals surface area contributed by atoms with E-state index in [1.165, 1.54) is 11.4 Å². The summed E-state index contributed by atoms with van der Waals surface area (Å²) in [5, 5.41) is 27.6. The van der Waals surface area contributed by atoms with Crippen LogP contribution in [0.3, 0.4) is 0 Å². The van der Waals surface area contributed by atoms with Gasteiger partial charge in [-0.3, -0.25) is 0 Å². The fourth-order valence-corrected chi connectivity index (χ4v) is 1.42. The van der Waals surface area contributed by atoms with Gasteiger partial charge < -0.3 is 20.1 Å². The Morgan fingerprint density at radius 2 is 2.36 bits per heavy atom. The van der Waals surface area contributed by atoms with Gasteiger partial charge in [0.15, 0.2) is 0 Å². The lowest BCUT2D eigenvalue weighted by Crippen LogP contribution is -2.21. The van der Waals surface area contributed by atoms with E-state index < -0.39 is 12.1 Å². The summed E-state index contributed by atoms with van der Waals surface area (Å²) in [6.45, 7) is -0.428. The largest absolute Gasteiger partial charge is 0.490 e. The predicted octanol–water partition coefficient (Wildman–Crippen LogP) is 0.178. The molecule has 6 heteroatoms. The van der Waals surface area contributed by atoms with Gasteiger partial charge in [0.2, 0.25) is 0 Å². The van der Waals surface area contributed by atoms with Gasteiger partial charge in [-0.1, -0.05) is 0 Å². The van der Waals surface area contributed by atoms with Crippen molar-refractivity contribution in [3.05, 3.63) is 16.3 Å². The number of aliphatic hydroxyl groups is 2. The molecule has 1 aromatic heterocycles. The van der Waals surface area contributed by atoms with E-state index in [4.69, 9.17) is 20.1 Å². The molecule has 3 N–H and O–H groups in total. The Morgan fingerprint density at radius 1 is 1.64 bits per heavy atom. The molecular weight excluding hydrogens is 208 g/mol. The Labute approximate surface area is 84.2 Å². The first-order valence-electron chi connectivity index (χ1n) is 3.87. The van der Waals surface area contributed by atoms with Gasteiger partial charge in [0.1, 0.15) is 23.3 Å². The van der Waals surface area contributed by atoms with Crippen LogP contribution in [0.4, 0.5) is 0 Å². The molecule has 78 valence electrons. The van der Waals surface area contributed by atoms with E-state index >= 15 is 0 Å². The highest BCUT2D eigenvalue weighted by atomic mass is 32.1. The van der Waals surface area contributed by atoms with Crippen molar-refractivity contribution < 1.29 is 24.9 Å². The molecule has 0 aromatic carbocycles. The van der Waals surface area contributed by atoms with Gasteiger partial charge in [-0.05, 0) is 0 Å². The van der Waals surface area contributed by atoms with Crippen molar-refractivity contribution in [1.29, 1.82) is 0 Å². The molecule has 0 aliphatic carbocycles. The van der Waals surface area contributed by atoms with Crippen molar-refractivity contribution >= 4 is 17.3 Å². The van der Waals surface area contributed by atoms with Crippen LogP contribution in [-0.4, -0.2) is 40.6 Å². The molecule has 14 heavy (non-hydrogen) atoms. The van der Waals surface area contributed by atoms with Crippen LogP contribution in [0.1, 0.15) is 9.67 Å². The van der Waals surface area contributed by atoms with Gasteiger partial charge in [0.25, 0.3) is 0 Å². The molecule has 0 aliphatic heterocycles. The van der Waals surface area contributed by atoms with Crippen molar-refractivity contribution in [3.63, 3.8) is 0 Å². The minimum absolute atomic E-state index is 0.0493. The van der Waals surface area contributed by atoms with E-state index in [1.54, 1.807) is 0 Å². The van der Waals surface area contributed by atoms with Gasteiger partial charge >= 0.3 is 5.97 Å². The molecule has 0 fully saturated rings. The monoisotopic (exact) mass is 218 g/mol. The zero-order valence-corrected chi connectivity index (χ0v) is 8.03. The zero-order chi connectivity index (χ0) is 10.6. The second kappa shape index (κ2) is 4.94. The quantitative estimate of drug-likeness (QED) is 0.656. The van der Waals surface area contributed by atoms with Crippen LogP contribution in [0.15, 0.2) is 11.4 Å². The first-order chi connectivity index (χ1) is 6.63. The summed E-state index contributed by atoms with van der Waals surface area (Å²) < 4.78 is 5.03. The number of carboxylic acids is 1. The average Bonchev–Trinajstić information content (AvgIpc) is 2.62. The molecule has 1 unspecified atom stereocenters. The van der Waals surface area contributed by atoms with Gasteiger partial charge in [-0.25, -0.2) is 4.79 Å². The number of hydrogen-bond donors (Lipinski definition) is 3. The smallest absolute Gasteiger partial charge is 0.346 e. The molecule has 0 radical (unpaired) electrons. The minimum Gasteiger partial charge on any atom is -0.490 e. The summed E-state index contributed by atoms with van der Waals surface area (Å²) in [5.74, 6) is -0.618. The second-order valence-corrected chi connectivity index (χ2v) is 3.51. The first kappa shape index (κ1) is 11.0. The van der Waals surface area contributed by atoms with E-state index in [0.717, 1.165) is 11.3 Å². The van der Waals surface area contributed by atoms with Gasteiger partial charge in [-0.15, -0.1) is 11.3 Å². The van der Waals surface area contributed by atoms with Crippen molar-refractivity contribution in [2.24, 2.45) is 0 Å². The summed E-state index contributed by atoms with van der Waals surface area (Å²) in [6.07, 6.45) is -0.942. The van der Waals surface area contributed by atoms with Crippen LogP contribution in [0.5, 0.6) is 5.75 Å². The Morgan fingerprint density at radius 3 is 2.86 bits per heavy atom. The molecule has 1 atom stereocenters. The second-order valence-electron chi connectivity index (χ2n) is 2.60. The fourth-order valence-electron chi connectivity index (χ4n) is 0.752. The topological polar surface area (TPSA) is 87.0 Å². The Kier molecular flexibility index (Phi) is 3.87. The predicted molar refractivity (Wildman–Crippen MR) is 49.9 cm³/mol. The van der Waals surface area contributed by atoms with Gasteiger partial charge in [0.05, 0.1) is 6.61 Å². The summed E-state index contributed by atoms with van der Waals surface area (Å²) >= 11 is 1.05. The molecule has 0 aliphatic rings. The Balaban J connectivity index is 2.48. The highest BCUT2D eigenvalue weighted by Gasteiger charge is 2.08. The van der Waals surface area contributed by atoms with Crippen molar-refractivity contribution in [2.75, 3.05) is 13.2 Å². The number of rotatable bonds is 5. The molecule has 1 rings (SSSR count). The molecule has 1 heterocycles. The van der Waals surface area contributed by atoms with Crippen LogP contribution in [0.2, 0.25) is 0 Å². The SMILES string of the molecule is O=C(O)c1cc(OCC(O)CO)cs1. The van der Waals surface area contributed by atoms with Crippen LogP contribution >= 0.6 is 11.3 Å².